The van der Waals surface area contributed by atoms with Gasteiger partial charge in [0.15, 0.2) is 5.78 Å². The third kappa shape index (κ3) is 5.92. The Morgan fingerprint density at radius 3 is 2.33 bits per heavy atom. The first-order valence-corrected chi connectivity index (χ1v) is 13.5. The van der Waals surface area contributed by atoms with Crippen molar-refractivity contribution in [1.82, 2.24) is 9.97 Å². The molecule has 6 aromatic rings. The number of fused-ring (bicyclic) bond motifs is 4. The molecule has 4 aromatic heterocycles. The summed E-state index contributed by atoms with van der Waals surface area (Å²) in [5, 5.41) is 11.6. The molecule has 0 saturated carbocycles. The fraction of sp³-hybridized carbons (Fsp3) is 0.182. The van der Waals surface area contributed by atoms with E-state index in [0.29, 0.717) is 5.71 Å². The zero-order valence-corrected chi connectivity index (χ0v) is 26.4. The van der Waals surface area contributed by atoms with Crippen molar-refractivity contribution in [2.45, 2.75) is 41.5 Å². The van der Waals surface area contributed by atoms with Gasteiger partial charge in [0.25, 0.3) is 0 Å². The van der Waals surface area contributed by atoms with E-state index in [4.69, 9.17) is 14.5 Å². The molecule has 0 saturated heterocycles. The van der Waals surface area contributed by atoms with Crippen LogP contribution < -0.4 is 0 Å². The number of allylic oxidation sites excluding steroid dienone is 2. The number of nitrogens with zero attached hydrogens (tertiary/aromatic N) is 2. The van der Waals surface area contributed by atoms with Crippen molar-refractivity contribution < 1.29 is 34.4 Å². The Morgan fingerprint density at radius 1 is 0.950 bits per heavy atom. The van der Waals surface area contributed by atoms with E-state index in [2.05, 4.69) is 68.2 Å². The minimum Gasteiger partial charge on any atom is -0.512 e. The normalized spacial score (nSPS) is 11.4. The van der Waals surface area contributed by atoms with Crippen molar-refractivity contribution in [3.63, 3.8) is 0 Å². The van der Waals surface area contributed by atoms with Gasteiger partial charge in [-0.1, -0.05) is 40.8 Å². The number of hydrogen-bond donors (Lipinski definition) is 1. The number of aliphatic hydroxyl groups is 1. The van der Waals surface area contributed by atoms with E-state index >= 15 is 0 Å². The average molecular weight is 726 g/mol. The Hall–Kier alpha value is -3.64. The second-order valence-corrected chi connectivity index (χ2v) is 10.9. The molecule has 0 bridgehead atoms. The summed E-state index contributed by atoms with van der Waals surface area (Å²) in [6.45, 7) is 11.3. The van der Waals surface area contributed by atoms with Crippen molar-refractivity contribution in [3.05, 3.63) is 94.9 Å². The summed E-state index contributed by atoms with van der Waals surface area (Å²) in [4.78, 5) is 21.9. The number of pyridine rings is 2. The molecule has 6 rings (SSSR count). The third-order valence-corrected chi connectivity index (χ3v) is 7.47. The average Bonchev–Trinajstić information content (AvgIpc) is 3.42. The van der Waals surface area contributed by atoms with Crippen LogP contribution in [0.5, 0.6) is 0 Å². The van der Waals surface area contributed by atoms with E-state index in [1.807, 2.05) is 25.1 Å². The number of furan rings is 1. The predicted molar refractivity (Wildman–Crippen MR) is 160 cm³/mol. The molecule has 0 aliphatic rings. The monoisotopic (exact) mass is 726 g/mol. The number of ketones is 1. The largest absolute Gasteiger partial charge is 0.512 e. The standard InChI is InChI=1S/C28H21N2OS.C5H8O2.Ir/c1-15-12-16(2)25(17(3)13-15)24-14-19-9-11-23(30-28(19)32-24)22-7-5-6-20-21-10-8-18(4)29-27(21)31-26(20)22;1-4(6)3-5(2)7;/h5-6,8-14H,1-4H3;3,6H,1-2H3;/q-1;;/b;4-3-;. The Kier molecular flexibility index (Phi) is 8.69. The summed E-state index contributed by atoms with van der Waals surface area (Å²) in [7, 11) is 0. The van der Waals surface area contributed by atoms with Crippen LogP contribution in [0.4, 0.5) is 0 Å². The van der Waals surface area contributed by atoms with E-state index < -0.39 is 0 Å². The zero-order valence-electron chi connectivity index (χ0n) is 23.2. The molecule has 0 aliphatic heterocycles. The number of carbonyl (C=O) groups is 1. The van der Waals surface area contributed by atoms with Crippen LogP contribution in [-0.4, -0.2) is 20.9 Å². The van der Waals surface area contributed by atoms with Gasteiger partial charge in [0.1, 0.15) is 4.83 Å². The summed E-state index contributed by atoms with van der Waals surface area (Å²) in [6.07, 6.45) is 1.17. The van der Waals surface area contributed by atoms with Crippen LogP contribution in [0.15, 0.2) is 70.8 Å². The maximum atomic E-state index is 10.0. The summed E-state index contributed by atoms with van der Waals surface area (Å²) in [6, 6.07) is 22.4. The molecule has 0 amide bonds. The van der Waals surface area contributed by atoms with Crippen molar-refractivity contribution in [2.24, 2.45) is 0 Å². The molecule has 4 heterocycles. The van der Waals surface area contributed by atoms with Crippen LogP contribution in [0.1, 0.15) is 36.2 Å². The first-order chi connectivity index (χ1) is 18.6. The summed E-state index contributed by atoms with van der Waals surface area (Å²) >= 11 is 1.74. The molecule has 1 radical (unpaired) electrons. The van der Waals surface area contributed by atoms with E-state index in [-0.39, 0.29) is 31.6 Å². The number of aliphatic hydroxyl groups excluding tert-OH is 1. The molecular formula is C33H29IrN2O3S-. The van der Waals surface area contributed by atoms with Gasteiger partial charge in [0, 0.05) is 47.5 Å². The number of thiophene rings is 1. The van der Waals surface area contributed by atoms with Crippen molar-refractivity contribution >= 4 is 49.4 Å². The predicted octanol–water partition coefficient (Wildman–Crippen LogP) is 8.99. The Morgan fingerprint density at radius 2 is 1.68 bits per heavy atom. The van der Waals surface area contributed by atoms with Crippen LogP contribution in [0.3, 0.4) is 0 Å². The number of benzene rings is 2. The second kappa shape index (κ2) is 11.8. The van der Waals surface area contributed by atoms with Crippen LogP contribution in [0.25, 0.3) is 54.0 Å². The van der Waals surface area contributed by atoms with Gasteiger partial charge in [0.05, 0.1) is 11.3 Å². The third-order valence-electron chi connectivity index (χ3n) is 6.41. The molecule has 40 heavy (non-hydrogen) atoms. The zero-order chi connectivity index (χ0) is 27.8. The van der Waals surface area contributed by atoms with Crippen LogP contribution >= 0.6 is 11.3 Å². The number of carbonyl (C=O) groups excluding carboxylic acids is 1. The molecule has 0 fully saturated rings. The van der Waals surface area contributed by atoms with Gasteiger partial charge >= 0.3 is 0 Å². The molecule has 7 heteroatoms. The summed E-state index contributed by atoms with van der Waals surface area (Å²) in [5.74, 6) is -0.0625. The Bertz CT molecular complexity index is 1890. The molecule has 0 spiro atoms. The topological polar surface area (TPSA) is 76.2 Å². The molecular weight excluding hydrogens is 697 g/mol. The maximum Gasteiger partial charge on any atom is 0.216 e. The van der Waals surface area contributed by atoms with Crippen LogP contribution in [0, 0.1) is 33.8 Å². The Balaban J connectivity index is 0.000000413. The van der Waals surface area contributed by atoms with Gasteiger partial charge in [-0.25, -0.2) is 4.98 Å². The first kappa shape index (κ1) is 29.3. The Labute approximate surface area is 250 Å². The minimum atomic E-state index is -0.125. The quantitative estimate of drug-likeness (QED) is 0.112. The molecule has 5 nitrogen and oxygen atoms in total. The van der Waals surface area contributed by atoms with Gasteiger partial charge < -0.3 is 9.52 Å². The molecule has 205 valence electrons. The fourth-order valence-electron chi connectivity index (χ4n) is 4.95. The second-order valence-electron chi connectivity index (χ2n) is 9.87. The molecule has 1 N–H and O–H groups in total. The number of aryl methyl sites for hydroxylation is 4. The maximum absolute atomic E-state index is 10.0. The van der Waals surface area contributed by atoms with Gasteiger partial charge in [-0.2, -0.15) is 0 Å². The number of aromatic nitrogens is 2. The van der Waals surface area contributed by atoms with E-state index in [1.165, 1.54) is 47.1 Å². The molecule has 2 aromatic carbocycles. The smallest absolute Gasteiger partial charge is 0.216 e. The van der Waals surface area contributed by atoms with E-state index in [1.54, 1.807) is 11.3 Å². The number of hydrogen-bond acceptors (Lipinski definition) is 6. The van der Waals surface area contributed by atoms with Gasteiger partial charge in [0.2, 0.25) is 5.71 Å². The summed E-state index contributed by atoms with van der Waals surface area (Å²) < 4.78 is 6.17. The van der Waals surface area contributed by atoms with Crippen molar-refractivity contribution in [3.8, 4) is 21.7 Å². The molecule has 0 unspecified atom stereocenters. The first-order valence-electron chi connectivity index (χ1n) is 12.7. The SMILES string of the molecule is CC(=O)/C=C(/C)O.Cc1cc(C)c(-c2cc3ccc(-c4[c-]ccc5c4oc4nc(C)ccc45)nc3s2)c(C)c1.[Ir]. The van der Waals surface area contributed by atoms with E-state index in [9.17, 15) is 4.79 Å². The van der Waals surface area contributed by atoms with Crippen LogP contribution in [-0.2, 0) is 24.9 Å². The van der Waals surface area contributed by atoms with Crippen molar-refractivity contribution in [1.29, 1.82) is 0 Å². The fourth-order valence-corrected chi connectivity index (χ4v) is 6.15. The van der Waals surface area contributed by atoms with Gasteiger partial charge in [-0.05, 0) is 82.1 Å². The van der Waals surface area contributed by atoms with Crippen LogP contribution in [0.2, 0.25) is 0 Å². The van der Waals surface area contributed by atoms with Gasteiger partial charge in [-0.15, -0.1) is 29.5 Å². The molecule has 0 aliphatic carbocycles. The molecule has 0 atom stereocenters. The van der Waals surface area contributed by atoms with E-state index in [0.717, 1.165) is 43.5 Å². The number of rotatable bonds is 3. The summed E-state index contributed by atoms with van der Waals surface area (Å²) in [5.41, 5.74) is 9.34. The van der Waals surface area contributed by atoms with Crippen molar-refractivity contribution in [2.75, 3.05) is 0 Å². The minimum absolute atomic E-state index is 0. The van der Waals surface area contributed by atoms with Gasteiger partial charge in [-0.3, -0.25) is 9.78 Å².